The highest BCUT2D eigenvalue weighted by molar-refractivity contribution is 5.74. The normalized spacial score (nSPS) is 21.3. The van der Waals surface area contributed by atoms with Crippen molar-refractivity contribution in [2.75, 3.05) is 52.5 Å². The second-order valence-corrected chi connectivity index (χ2v) is 10.2. The van der Waals surface area contributed by atoms with Gasteiger partial charge in [-0.25, -0.2) is 0 Å². The van der Waals surface area contributed by atoms with Gasteiger partial charge in [-0.3, -0.25) is 0 Å². The van der Waals surface area contributed by atoms with Gasteiger partial charge in [-0.15, -0.1) is 0 Å². The number of aliphatic hydroxyl groups is 1. The number of benzene rings is 2. The van der Waals surface area contributed by atoms with Gasteiger partial charge in [-0.2, -0.15) is 0 Å². The summed E-state index contributed by atoms with van der Waals surface area (Å²) in [5.41, 5.74) is 4.77. The first-order valence-electron chi connectivity index (χ1n) is 13.1. The third-order valence-electron chi connectivity index (χ3n) is 7.37. The Kier molecular flexibility index (Phi) is 8.87. The van der Waals surface area contributed by atoms with Crippen molar-refractivity contribution >= 4 is 0 Å². The van der Waals surface area contributed by atoms with Crippen LogP contribution in [-0.2, 0) is 0 Å². The summed E-state index contributed by atoms with van der Waals surface area (Å²) in [5, 5.41) is 9.68. The Labute approximate surface area is 205 Å². The molecule has 2 atom stereocenters. The number of hydrogen-bond acceptors (Lipinski definition) is 5. The number of hydrogen-bond donors (Lipinski definition) is 1. The molecule has 4 rings (SSSR count). The van der Waals surface area contributed by atoms with E-state index in [0.717, 1.165) is 69.5 Å². The Bertz CT molecular complexity index is 856. The minimum absolute atomic E-state index is 0.156. The number of β-amino-alcohol motifs (C(OH)–C–C–N with tert-alkyl or cyclic N) is 1. The molecule has 2 heterocycles. The Balaban J connectivity index is 1.32. The fourth-order valence-electron chi connectivity index (χ4n) is 5.31. The van der Waals surface area contributed by atoms with Gasteiger partial charge in [0.2, 0.25) is 0 Å². The summed E-state index contributed by atoms with van der Waals surface area (Å²) < 4.78 is 12.4. The highest BCUT2D eigenvalue weighted by Crippen LogP contribution is 2.35. The van der Waals surface area contributed by atoms with Crippen molar-refractivity contribution in [2.24, 2.45) is 5.92 Å². The SMILES string of the molecule is Cc1c(OCCCN2CCC(C)C2)cccc1-c1cccc(OCCCN2CC[C@@H](O)C2)c1C. The van der Waals surface area contributed by atoms with E-state index >= 15 is 0 Å². The topological polar surface area (TPSA) is 45.2 Å². The van der Waals surface area contributed by atoms with Crippen LogP contribution < -0.4 is 9.47 Å². The summed E-state index contributed by atoms with van der Waals surface area (Å²) in [7, 11) is 0. The van der Waals surface area contributed by atoms with Gasteiger partial charge in [0.1, 0.15) is 11.5 Å². The van der Waals surface area contributed by atoms with E-state index in [9.17, 15) is 5.11 Å². The Morgan fingerprint density at radius 1 is 0.794 bits per heavy atom. The van der Waals surface area contributed by atoms with Gasteiger partial charge < -0.3 is 24.4 Å². The van der Waals surface area contributed by atoms with Crippen molar-refractivity contribution < 1.29 is 14.6 Å². The first kappa shape index (κ1) is 25.0. The summed E-state index contributed by atoms with van der Waals surface area (Å²) >= 11 is 0. The molecule has 1 N–H and O–H groups in total. The lowest BCUT2D eigenvalue weighted by atomic mass is 9.95. The second-order valence-electron chi connectivity index (χ2n) is 10.2. The molecule has 0 radical (unpaired) electrons. The van der Waals surface area contributed by atoms with Crippen molar-refractivity contribution in [1.29, 1.82) is 0 Å². The lowest BCUT2D eigenvalue weighted by Crippen LogP contribution is -2.24. The Morgan fingerprint density at radius 2 is 1.32 bits per heavy atom. The first-order valence-corrected chi connectivity index (χ1v) is 13.1. The maximum Gasteiger partial charge on any atom is 0.122 e. The van der Waals surface area contributed by atoms with Gasteiger partial charge in [0.15, 0.2) is 0 Å². The third kappa shape index (κ3) is 6.53. The third-order valence-corrected chi connectivity index (χ3v) is 7.37. The van der Waals surface area contributed by atoms with Crippen molar-refractivity contribution in [3.63, 3.8) is 0 Å². The van der Waals surface area contributed by atoms with Gasteiger partial charge in [-0.1, -0.05) is 31.2 Å². The van der Waals surface area contributed by atoms with Crippen molar-refractivity contribution in [1.82, 2.24) is 9.80 Å². The van der Waals surface area contributed by atoms with Gasteiger partial charge in [0.05, 0.1) is 19.3 Å². The molecule has 2 aromatic rings. The molecular weight excluding hydrogens is 424 g/mol. The molecule has 1 unspecified atom stereocenters. The zero-order valence-corrected chi connectivity index (χ0v) is 21.3. The molecule has 0 amide bonds. The van der Waals surface area contributed by atoms with Crippen LogP contribution in [0.3, 0.4) is 0 Å². The molecule has 0 aromatic heterocycles. The molecule has 5 nitrogen and oxygen atoms in total. The van der Waals surface area contributed by atoms with Crippen LogP contribution in [0.4, 0.5) is 0 Å². The standard InChI is InChI=1S/C29H42N2O3/c1-22-12-16-30(20-22)14-6-18-33-28-10-4-8-26(23(28)2)27-9-5-11-29(24(27)3)34-19-7-15-31-17-13-25(32)21-31/h4-5,8-11,22,25,32H,6-7,12-21H2,1-3H3/t22?,25-/m1/s1. The molecule has 2 saturated heterocycles. The fourth-order valence-corrected chi connectivity index (χ4v) is 5.31. The number of nitrogens with zero attached hydrogens (tertiary/aromatic N) is 2. The van der Waals surface area contributed by atoms with Gasteiger partial charge >= 0.3 is 0 Å². The van der Waals surface area contributed by atoms with E-state index in [1.54, 1.807) is 0 Å². The largest absolute Gasteiger partial charge is 0.493 e. The van der Waals surface area contributed by atoms with Crippen molar-refractivity contribution in [3.05, 3.63) is 47.5 Å². The molecule has 0 bridgehead atoms. The van der Waals surface area contributed by atoms with Gasteiger partial charge in [0.25, 0.3) is 0 Å². The van der Waals surface area contributed by atoms with Crippen LogP contribution in [0.2, 0.25) is 0 Å². The lowest BCUT2D eigenvalue weighted by molar-refractivity contribution is 0.173. The molecule has 0 saturated carbocycles. The average Bonchev–Trinajstić information content (AvgIpc) is 3.44. The van der Waals surface area contributed by atoms with E-state index in [4.69, 9.17) is 9.47 Å². The molecule has 0 aliphatic carbocycles. The van der Waals surface area contributed by atoms with Crippen molar-refractivity contribution in [2.45, 2.75) is 52.6 Å². The molecule has 0 spiro atoms. The van der Waals surface area contributed by atoms with Gasteiger partial charge in [-0.05, 0) is 86.4 Å². The summed E-state index contributed by atoms with van der Waals surface area (Å²) in [5.74, 6) is 2.76. The monoisotopic (exact) mass is 466 g/mol. The molecule has 2 aromatic carbocycles. The van der Waals surface area contributed by atoms with E-state index in [0.29, 0.717) is 6.61 Å². The van der Waals surface area contributed by atoms with E-state index < -0.39 is 0 Å². The zero-order valence-electron chi connectivity index (χ0n) is 21.3. The van der Waals surface area contributed by atoms with E-state index in [2.05, 4.69) is 67.0 Å². The molecule has 34 heavy (non-hydrogen) atoms. The zero-order chi connectivity index (χ0) is 23.9. The van der Waals surface area contributed by atoms with Crippen molar-refractivity contribution in [3.8, 4) is 22.6 Å². The van der Waals surface area contributed by atoms with E-state index in [-0.39, 0.29) is 6.10 Å². The number of ether oxygens (including phenoxy) is 2. The number of rotatable bonds is 11. The summed E-state index contributed by atoms with van der Waals surface area (Å²) in [4.78, 5) is 4.87. The lowest BCUT2D eigenvalue weighted by Gasteiger charge is -2.18. The van der Waals surface area contributed by atoms with Crippen LogP contribution in [0.1, 0.15) is 43.7 Å². The van der Waals surface area contributed by atoms with Crippen LogP contribution in [-0.4, -0.2) is 73.5 Å². The van der Waals surface area contributed by atoms with Crippen LogP contribution in [0.25, 0.3) is 11.1 Å². The van der Waals surface area contributed by atoms with Crippen LogP contribution >= 0.6 is 0 Å². The van der Waals surface area contributed by atoms with Gasteiger partial charge in [0, 0.05) is 32.7 Å². The maximum absolute atomic E-state index is 9.68. The fraction of sp³-hybridized carbons (Fsp3) is 0.586. The van der Waals surface area contributed by atoms with Crippen LogP contribution in [0.5, 0.6) is 11.5 Å². The van der Waals surface area contributed by atoms with E-state index in [1.165, 1.54) is 41.8 Å². The smallest absolute Gasteiger partial charge is 0.122 e. The highest BCUT2D eigenvalue weighted by atomic mass is 16.5. The predicted molar refractivity (Wildman–Crippen MR) is 139 cm³/mol. The minimum Gasteiger partial charge on any atom is -0.493 e. The van der Waals surface area contributed by atoms with Crippen LogP contribution in [0.15, 0.2) is 36.4 Å². The molecule has 5 heteroatoms. The summed E-state index contributed by atoms with van der Waals surface area (Å²) in [6.07, 6.45) is 4.09. The second kappa shape index (κ2) is 12.1. The molecule has 2 fully saturated rings. The molecular formula is C29H42N2O3. The quantitative estimate of drug-likeness (QED) is 0.477. The molecule has 2 aliphatic rings. The summed E-state index contributed by atoms with van der Waals surface area (Å²) in [6.45, 7) is 14.4. The molecule has 2 aliphatic heterocycles. The minimum atomic E-state index is -0.156. The first-order chi connectivity index (χ1) is 16.5. The van der Waals surface area contributed by atoms with Crippen LogP contribution in [0, 0.1) is 19.8 Å². The number of aliphatic hydroxyl groups excluding tert-OH is 1. The average molecular weight is 467 g/mol. The summed E-state index contributed by atoms with van der Waals surface area (Å²) in [6, 6.07) is 12.7. The Morgan fingerprint density at radius 3 is 1.79 bits per heavy atom. The molecule has 186 valence electrons. The maximum atomic E-state index is 9.68. The Hall–Kier alpha value is -2.08. The predicted octanol–water partition coefficient (Wildman–Crippen LogP) is 4.92. The number of likely N-dealkylation sites (tertiary alicyclic amines) is 2. The highest BCUT2D eigenvalue weighted by Gasteiger charge is 2.20. The van der Waals surface area contributed by atoms with E-state index in [1.807, 2.05) is 0 Å².